The average Bonchev–Trinajstić information content (AvgIpc) is 2.82. The van der Waals surface area contributed by atoms with Gasteiger partial charge in [0.1, 0.15) is 13.2 Å². The van der Waals surface area contributed by atoms with E-state index in [2.05, 4.69) is 11.8 Å². The van der Waals surface area contributed by atoms with Crippen LogP contribution in [0.25, 0.3) is 0 Å². The van der Waals surface area contributed by atoms with E-state index in [1.807, 2.05) is 0 Å². The Bertz CT molecular complexity index is 516. The molecular weight excluding hydrogens is 295 g/mol. The molecule has 0 bridgehead atoms. The van der Waals surface area contributed by atoms with Crippen molar-refractivity contribution >= 4 is 17.2 Å². The van der Waals surface area contributed by atoms with Gasteiger partial charge >= 0.3 is 6.18 Å². The van der Waals surface area contributed by atoms with Crippen molar-refractivity contribution in [1.82, 2.24) is 4.90 Å². The van der Waals surface area contributed by atoms with E-state index in [4.69, 9.17) is 10.2 Å². The van der Waals surface area contributed by atoms with Crippen molar-refractivity contribution < 1.29 is 28.2 Å². The fourth-order valence-electron chi connectivity index (χ4n) is 1.39. The molecular formula is C12H12F3NO3S. The minimum Gasteiger partial charge on any atom is -0.395 e. The number of alkyl halides is 3. The second-order valence-corrected chi connectivity index (χ2v) is 4.77. The van der Waals surface area contributed by atoms with Gasteiger partial charge in [-0.3, -0.25) is 4.79 Å². The molecule has 0 aliphatic heterocycles. The molecule has 0 aliphatic rings. The summed E-state index contributed by atoms with van der Waals surface area (Å²) in [5.74, 6) is 4.14. The van der Waals surface area contributed by atoms with Crippen molar-refractivity contribution in [3.8, 4) is 11.8 Å². The third-order valence-electron chi connectivity index (χ3n) is 2.13. The molecule has 0 saturated carbocycles. The first-order valence-electron chi connectivity index (χ1n) is 5.54. The fraction of sp³-hybridized carbons (Fsp3) is 0.417. The highest BCUT2D eigenvalue weighted by Gasteiger charge is 2.33. The first-order chi connectivity index (χ1) is 9.37. The van der Waals surface area contributed by atoms with Crippen LogP contribution in [0.1, 0.15) is 14.5 Å². The molecule has 2 N–H and O–H groups in total. The number of hydrogen-bond acceptors (Lipinski definition) is 4. The maximum absolute atomic E-state index is 12.4. The van der Waals surface area contributed by atoms with Crippen molar-refractivity contribution in [3.05, 3.63) is 21.9 Å². The van der Waals surface area contributed by atoms with E-state index in [0.29, 0.717) is 9.78 Å². The van der Waals surface area contributed by atoms with Crippen LogP contribution in [0, 0.1) is 11.8 Å². The molecule has 20 heavy (non-hydrogen) atoms. The summed E-state index contributed by atoms with van der Waals surface area (Å²) in [6.07, 6.45) is -4.53. The molecule has 1 rings (SSSR count). The van der Waals surface area contributed by atoms with Gasteiger partial charge in [0.2, 0.25) is 0 Å². The molecule has 0 aliphatic carbocycles. The highest BCUT2D eigenvalue weighted by atomic mass is 32.1. The zero-order chi connectivity index (χ0) is 15.2. The van der Waals surface area contributed by atoms with Crippen molar-refractivity contribution in [1.29, 1.82) is 0 Å². The molecule has 1 aromatic heterocycles. The Hall–Kier alpha value is -1.56. The summed E-state index contributed by atoms with van der Waals surface area (Å²) in [7, 11) is 0. The minimum atomic E-state index is -4.53. The monoisotopic (exact) mass is 307 g/mol. The molecule has 8 heteroatoms. The fourth-order valence-corrected chi connectivity index (χ4v) is 2.24. The van der Waals surface area contributed by atoms with Gasteiger partial charge in [-0.1, -0.05) is 11.8 Å². The molecule has 0 saturated heterocycles. The Morgan fingerprint density at radius 2 is 2.05 bits per heavy atom. The van der Waals surface area contributed by atoms with E-state index in [-0.39, 0.29) is 11.5 Å². The van der Waals surface area contributed by atoms with Gasteiger partial charge in [0.05, 0.1) is 16.4 Å². The summed E-state index contributed by atoms with van der Waals surface area (Å²) < 4.78 is 37.1. The van der Waals surface area contributed by atoms with E-state index >= 15 is 0 Å². The lowest BCUT2D eigenvalue weighted by Gasteiger charge is -2.22. The third kappa shape index (κ3) is 5.21. The summed E-state index contributed by atoms with van der Waals surface area (Å²) >= 11 is 0.936. The summed E-state index contributed by atoms with van der Waals surface area (Å²) in [5.41, 5.74) is 0. The maximum Gasteiger partial charge on any atom is 0.406 e. The third-order valence-corrected chi connectivity index (χ3v) is 3.12. The highest BCUT2D eigenvalue weighted by Crippen LogP contribution is 2.21. The molecule has 0 spiro atoms. The zero-order valence-electron chi connectivity index (χ0n) is 10.3. The van der Waals surface area contributed by atoms with Gasteiger partial charge in [0.25, 0.3) is 5.91 Å². The van der Waals surface area contributed by atoms with Crippen LogP contribution in [0.15, 0.2) is 12.1 Å². The first-order valence-corrected chi connectivity index (χ1v) is 6.35. The van der Waals surface area contributed by atoms with Crippen molar-refractivity contribution in [3.63, 3.8) is 0 Å². The molecule has 0 aromatic carbocycles. The number of rotatable bonds is 4. The molecule has 1 amide bonds. The first kappa shape index (κ1) is 16.5. The Morgan fingerprint density at radius 3 is 2.60 bits per heavy atom. The topological polar surface area (TPSA) is 60.8 Å². The van der Waals surface area contributed by atoms with E-state index in [0.717, 1.165) is 11.3 Å². The Morgan fingerprint density at radius 1 is 1.35 bits per heavy atom. The van der Waals surface area contributed by atoms with Crippen LogP contribution in [0.5, 0.6) is 0 Å². The van der Waals surface area contributed by atoms with Gasteiger partial charge in [-0.05, 0) is 12.1 Å². The predicted molar refractivity (Wildman–Crippen MR) is 67.3 cm³/mol. The van der Waals surface area contributed by atoms with Gasteiger partial charge in [0.15, 0.2) is 0 Å². The molecule has 1 heterocycles. The zero-order valence-corrected chi connectivity index (χ0v) is 11.1. The van der Waals surface area contributed by atoms with Crippen LogP contribution in [0.3, 0.4) is 0 Å². The van der Waals surface area contributed by atoms with Crippen LogP contribution < -0.4 is 0 Å². The summed E-state index contributed by atoms with van der Waals surface area (Å²) in [6.45, 7) is -2.70. The van der Waals surface area contributed by atoms with Crippen molar-refractivity contribution in [2.75, 3.05) is 26.3 Å². The number of halogens is 3. The highest BCUT2D eigenvalue weighted by molar-refractivity contribution is 7.14. The van der Waals surface area contributed by atoms with Crippen LogP contribution in [-0.4, -0.2) is 53.5 Å². The number of amides is 1. The van der Waals surface area contributed by atoms with Gasteiger partial charge in [-0.25, -0.2) is 0 Å². The number of hydrogen-bond donors (Lipinski definition) is 2. The van der Waals surface area contributed by atoms with Crippen LogP contribution in [-0.2, 0) is 0 Å². The number of carbonyl (C=O) groups excluding carboxylic acids is 1. The number of carbonyl (C=O) groups is 1. The molecule has 0 atom stereocenters. The standard InChI is InChI=1S/C12H12F3NO3S/c13-12(14,15)8-16(5-7-18)11(19)10-4-3-9(20-10)2-1-6-17/h3-4,17-18H,5-8H2. The Labute approximate surface area is 117 Å². The lowest BCUT2D eigenvalue weighted by Crippen LogP contribution is -2.40. The average molecular weight is 307 g/mol. The molecule has 1 aromatic rings. The Kier molecular flexibility index (Phi) is 6.01. The normalized spacial score (nSPS) is 10.8. The predicted octanol–water partition coefficient (Wildman–Crippen LogP) is 1.09. The molecule has 4 nitrogen and oxygen atoms in total. The smallest absolute Gasteiger partial charge is 0.395 e. The van der Waals surface area contributed by atoms with Crippen LogP contribution >= 0.6 is 11.3 Å². The summed E-state index contributed by atoms with van der Waals surface area (Å²) in [6, 6.07) is 2.86. The van der Waals surface area contributed by atoms with Gasteiger partial charge in [-0.2, -0.15) is 13.2 Å². The number of thiophene rings is 1. The van der Waals surface area contributed by atoms with Crippen LogP contribution in [0.2, 0.25) is 0 Å². The molecule has 0 radical (unpaired) electrons. The Balaban J connectivity index is 2.86. The second kappa shape index (κ2) is 7.28. The van der Waals surface area contributed by atoms with Crippen molar-refractivity contribution in [2.24, 2.45) is 0 Å². The SMILES string of the molecule is O=C(c1ccc(C#CCO)s1)N(CCO)CC(F)(F)F. The second-order valence-electron chi connectivity index (χ2n) is 3.69. The summed E-state index contributed by atoms with van der Waals surface area (Å²) in [5, 5.41) is 17.3. The van der Waals surface area contributed by atoms with Crippen LogP contribution in [0.4, 0.5) is 13.2 Å². The maximum atomic E-state index is 12.4. The van der Waals surface area contributed by atoms with Gasteiger partial charge < -0.3 is 15.1 Å². The molecule has 0 fully saturated rings. The number of nitrogens with zero attached hydrogens (tertiary/aromatic N) is 1. The van der Waals surface area contributed by atoms with Crippen molar-refractivity contribution in [2.45, 2.75) is 6.18 Å². The molecule has 0 unspecified atom stereocenters. The largest absolute Gasteiger partial charge is 0.406 e. The van der Waals surface area contributed by atoms with Gasteiger partial charge in [-0.15, -0.1) is 11.3 Å². The van der Waals surface area contributed by atoms with E-state index in [9.17, 15) is 18.0 Å². The van der Waals surface area contributed by atoms with E-state index in [1.54, 1.807) is 0 Å². The minimum absolute atomic E-state index is 0.102. The lowest BCUT2D eigenvalue weighted by molar-refractivity contribution is -0.141. The number of aliphatic hydroxyl groups excluding tert-OH is 2. The van der Waals surface area contributed by atoms with E-state index < -0.39 is 31.8 Å². The number of aliphatic hydroxyl groups is 2. The molecule has 110 valence electrons. The summed E-state index contributed by atoms with van der Waals surface area (Å²) in [4.78, 5) is 13.0. The lowest BCUT2D eigenvalue weighted by atomic mass is 10.3. The van der Waals surface area contributed by atoms with Gasteiger partial charge in [0, 0.05) is 6.54 Å². The van der Waals surface area contributed by atoms with E-state index in [1.165, 1.54) is 12.1 Å². The quantitative estimate of drug-likeness (QED) is 0.819.